The topological polar surface area (TPSA) is 104 Å². The number of nitrogens with one attached hydrogen (secondary N) is 1. The van der Waals surface area contributed by atoms with Gasteiger partial charge in [-0.15, -0.1) is 0 Å². The van der Waals surface area contributed by atoms with Gasteiger partial charge in [0.05, 0.1) is 4.90 Å². The number of carboxylic acids is 1. The van der Waals surface area contributed by atoms with Crippen LogP contribution < -0.4 is 4.72 Å². The maximum absolute atomic E-state index is 12.1. The Balaban J connectivity index is 3.23. The van der Waals surface area contributed by atoms with Gasteiger partial charge in [-0.25, -0.2) is 17.9 Å². The van der Waals surface area contributed by atoms with Crippen LogP contribution in [0.25, 0.3) is 0 Å². The van der Waals surface area contributed by atoms with E-state index >= 15 is 0 Å². The van der Waals surface area contributed by atoms with E-state index in [1.165, 1.54) is 0 Å². The average molecular weight is 287 g/mol. The predicted octanol–water partition coefficient (Wildman–Crippen LogP) is 1.56. The molecule has 0 amide bonds. The Bertz CT molecular complexity index is 592. The Kier molecular flexibility index (Phi) is 4.21. The van der Waals surface area contributed by atoms with Crippen molar-refractivity contribution in [3.8, 4) is 5.75 Å². The number of hydrogen-bond donors (Lipinski definition) is 3. The highest BCUT2D eigenvalue weighted by atomic mass is 32.2. The third kappa shape index (κ3) is 3.68. The van der Waals surface area contributed by atoms with Gasteiger partial charge >= 0.3 is 5.97 Å². The van der Waals surface area contributed by atoms with E-state index in [4.69, 9.17) is 5.11 Å². The van der Waals surface area contributed by atoms with Gasteiger partial charge in [0.1, 0.15) is 11.3 Å². The van der Waals surface area contributed by atoms with Crippen LogP contribution in [-0.4, -0.2) is 30.1 Å². The number of rotatable bonds is 5. The lowest BCUT2D eigenvalue weighted by atomic mass is 10.0. The third-order valence-corrected chi connectivity index (χ3v) is 4.50. The van der Waals surface area contributed by atoms with E-state index in [1.54, 1.807) is 13.8 Å². The Morgan fingerprint density at radius 1 is 1.37 bits per heavy atom. The first-order valence-corrected chi connectivity index (χ1v) is 7.17. The van der Waals surface area contributed by atoms with E-state index in [0.29, 0.717) is 6.42 Å². The maximum Gasteiger partial charge on any atom is 0.339 e. The van der Waals surface area contributed by atoms with E-state index in [9.17, 15) is 18.3 Å². The fourth-order valence-corrected chi connectivity index (χ4v) is 2.86. The number of benzene rings is 1. The summed E-state index contributed by atoms with van der Waals surface area (Å²) in [5.74, 6) is -1.86. The van der Waals surface area contributed by atoms with Crippen LogP contribution in [0.3, 0.4) is 0 Å². The number of sulfonamides is 1. The quantitative estimate of drug-likeness (QED) is 0.762. The summed E-state index contributed by atoms with van der Waals surface area (Å²) in [6, 6.07) is 3.15. The molecule has 0 aliphatic rings. The van der Waals surface area contributed by atoms with Crippen LogP contribution in [0.5, 0.6) is 5.75 Å². The monoisotopic (exact) mass is 287 g/mol. The Morgan fingerprint density at radius 3 is 2.42 bits per heavy atom. The molecule has 0 saturated heterocycles. The van der Waals surface area contributed by atoms with Gasteiger partial charge in [0.2, 0.25) is 10.0 Å². The van der Waals surface area contributed by atoms with Crippen LogP contribution in [0.15, 0.2) is 23.1 Å². The van der Waals surface area contributed by atoms with Crippen LogP contribution in [-0.2, 0) is 10.0 Å². The van der Waals surface area contributed by atoms with Crippen molar-refractivity contribution in [1.29, 1.82) is 0 Å². The summed E-state index contributed by atoms with van der Waals surface area (Å²) in [5.41, 5.74) is -1.09. The van der Waals surface area contributed by atoms with Crippen LogP contribution in [0.4, 0.5) is 0 Å². The molecular formula is C12H17NO5S. The highest BCUT2D eigenvalue weighted by molar-refractivity contribution is 7.89. The molecule has 6 nitrogen and oxygen atoms in total. The smallest absolute Gasteiger partial charge is 0.339 e. The minimum atomic E-state index is -3.83. The summed E-state index contributed by atoms with van der Waals surface area (Å²) in [7, 11) is -3.83. The summed E-state index contributed by atoms with van der Waals surface area (Å²) < 4.78 is 26.7. The summed E-state index contributed by atoms with van der Waals surface area (Å²) in [4.78, 5) is 10.7. The first-order valence-electron chi connectivity index (χ1n) is 5.69. The highest BCUT2D eigenvalue weighted by Crippen LogP contribution is 2.22. The van der Waals surface area contributed by atoms with Gasteiger partial charge in [-0.2, -0.15) is 0 Å². The second-order valence-corrected chi connectivity index (χ2v) is 6.51. The molecule has 19 heavy (non-hydrogen) atoms. The van der Waals surface area contributed by atoms with Crippen molar-refractivity contribution in [3.63, 3.8) is 0 Å². The van der Waals surface area contributed by atoms with E-state index in [-0.39, 0.29) is 4.90 Å². The zero-order chi connectivity index (χ0) is 14.8. The molecule has 0 spiro atoms. The fourth-order valence-electron chi connectivity index (χ4n) is 1.35. The molecule has 0 aliphatic heterocycles. The molecule has 0 unspecified atom stereocenters. The average Bonchev–Trinajstić information content (AvgIpc) is 2.27. The van der Waals surface area contributed by atoms with Crippen LogP contribution in [0, 0.1) is 0 Å². The standard InChI is InChI=1S/C12H17NO5S/c1-4-12(2,3)13-19(17,18)8-5-6-10(14)9(7-8)11(15)16/h5-7,13-14H,4H2,1-3H3,(H,15,16). The molecule has 0 heterocycles. The lowest BCUT2D eigenvalue weighted by molar-refractivity contribution is 0.0693. The Morgan fingerprint density at radius 2 is 1.95 bits per heavy atom. The third-order valence-electron chi connectivity index (χ3n) is 2.80. The molecule has 1 aromatic rings. The zero-order valence-corrected chi connectivity index (χ0v) is 11.8. The van der Waals surface area contributed by atoms with Gasteiger partial charge in [-0.1, -0.05) is 6.92 Å². The second-order valence-electron chi connectivity index (χ2n) is 4.83. The molecule has 0 saturated carbocycles. The van der Waals surface area contributed by atoms with Crippen molar-refractivity contribution >= 4 is 16.0 Å². The van der Waals surface area contributed by atoms with Crippen LogP contribution >= 0.6 is 0 Å². The minimum absolute atomic E-state index is 0.191. The van der Waals surface area contributed by atoms with Gasteiger partial charge in [0.15, 0.2) is 0 Å². The lowest BCUT2D eigenvalue weighted by Gasteiger charge is -2.24. The summed E-state index contributed by atoms with van der Waals surface area (Å²) in [6.45, 7) is 5.29. The van der Waals surface area contributed by atoms with Crippen LogP contribution in [0.2, 0.25) is 0 Å². The molecule has 106 valence electrons. The van der Waals surface area contributed by atoms with Crippen molar-refractivity contribution in [2.45, 2.75) is 37.6 Å². The number of phenols is 1. The molecule has 1 aromatic carbocycles. The molecule has 0 aliphatic carbocycles. The Hall–Kier alpha value is -1.60. The summed E-state index contributed by atoms with van der Waals surface area (Å²) in [5, 5.41) is 18.2. The van der Waals surface area contributed by atoms with Crippen molar-refractivity contribution < 1.29 is 23.4 Å². The molecule has 0 fully saturated rings. The highest BCUT2D eigenvalue weighted by Gasteiger charge is 2.25. The number of aromatic carboxylic acids is 1. The van der Waals surface area contributed by atoms with Crippen molar-refractivity contribution in [1.82, 2.24) is 4.72 Å². The fraction of sp³-hybridized carbons (Fsp3) is 0.417. The summed E-state index contributed by atoms with van der Waals surface area (Å²) in [6.07, 6.45) is 0.579. The van der Waals surface area contributed by atoms with Gasteiger partial charge in [0.25, 0.3) is 0 Å². The molecule has 0 bridgehead atoms. The Labute approximate surface area is 112 Å². The maximum atomic E-state index is 12.1. The van der Waals surface area contributed by atoms with Gasteiger partial charge < -0.3 is 10.2 Å². The molecule has 7 heteroatoms. The van der Waals surface area contributed by atoms with Crippen LogP contribution in [0.1, 0.15) is 37.6 Å². The SMILES string of the molecule is CCC(C)(C)NS(=O)(=O)c1ccc(O)c(C(=O)O)c1. The number of hydrogen-bond acceptors (Lipinski definition) is 4. The second kappa shape index (κ2) is 5.18. The molecule has 1 rings (SSSR count). The largest absolute Gasteiger partial charge is 0.507 e. The van der Waals surface area contributed by atoms with E-state index in [1.807, 2.05) is 6.92 Å². The molecule has 0 atom stereocenters. The van der Waals surface area contributed by atoms with E-state index < -0.39 is 32.8 Å². The first-order chi connectivity index (χ1) is 8.59. The summed E-state index contributed by atoms with van der Waals surface area (Å²) >= 11 is 0. The molecular weight excluding hydrogens is 270 g/mol. The van der Waals surface area contributed by atoms with Gasteiger partial charge in [-0.3, -0.25) is 0 Å². The number of carboxylic acid groups (broad SMARTS) is 1. The minimum Gasteiger partial charge on any atom is -0.507 e. The predicted molar refractivity (Wildman–Crippen MR) is 69.8 cm³/mol. The zero-order valence-electron chi connectivity index (χ0n) is 11.0. The lowest BCUT2D eigenvalue weighted by Crippen LogP contribution is -2.42. The molecule has 0 radical (unpaired) electrons. The van der Waals surface area contributed by atoms with Crippen molar-refractivity contribution in [2.24, 2.45) is 0 Å². The molecule has 0 aromatic heterocycles. The van der Waals surface area contributed by atoms with Crippen molar-refractivity contribution in [3.05, 3.63) is 23.8 Å². The van der Waals surface area contributed by atoms with Gasteiger partial charge in [0, 0.05) is 5.54 Å². The van der Waals surface area contributed by atoms with Gasteiger partial charge in [-0.05, 0) is 38.5 Å². The molecule has 3 N–H and O–H groups in total. The van der Waals surface area contributed by atoms with E-state index in [2.05, 4.69) is 4.72 Å². The number of carbonyl (C=O) groups is 1. The van der Waals surface area contributed by atoms with Crippen molar-refractivity contribution in [2.75, 3.05) is 0 Å². The number of aromatic hydroxyl groups is 1. The normalized spacial score (nSPS) is 12.4. The van der Waals surface area contributed by atoms with E-state index in [0.717, 1.165) is 18.2 Å². The first kappa shape index (κ1) is 15.5.